The van der Waals surface area contributed by atoms with Crippen LogP contribution in [0, 0.1) is 5.92 Å². The van der Waals surface area contributed by atoms with E-state index in [2.05, 4.69) is 5.32 Å². The van der Waals surface area contributed by atoms with Gasteiger partial charge in [0.15, 0.2) is 0 Å². The molecule has 1 saturated heterocycles. The Balaban J connectivity index is 0.00000208. The zero-order chi connectivity index (χ0) is 16.4. The van der Waals surface area contributed by atoms with Crippen LogP contribution in [0.2, 0.25) is 0 Å². The fourth-order valence-corrected chi connectivity index (χ4v) is 3.83. The van der Waals surface area contributed by atoms with E-state index in [0.717, 1.165) is 24.9 Å². The number of nitrogens with two attached hydrogens (primary N) is 1. The van der Waals surface area contributed by atoms with Crippen LogP contribution in [-0.4, -0.2) is 29.9 Å². The van der Waals surface area contributed by atoms with Crippen molar-refractivity contribution in [1.29, 1.82) is 0 Å². The first-order valence-electron chi connectivity index (χ1n) is 8.49. The van der Waals surface area contributed by atoms with Crippen LogP contribution in [0.4, 0.5) is 5.69 Å². The number of benzene rings is 1. The molecule has 5 nitrogen and oxygen atoms in total. The number of halogens is 1. The van der Waals surface area contributed by atoms with Crippen molar-refractivity contribution in [3.63, 3.8) is 0 Å². The number of nitrogens with one attached hydrogen (secondary N) is 1. The highest BCUT2D eigenvalue weighted by Crippen LogP contribution is 2.28. The summed E-state index contributed by atoms with van der Waals surface area (Å²) in [6.45, 7) is 2.02. The molecule has 1 aromatic rings. The summed E-state index contributed by atoms with van der Waals surface area (Å²) in [4.78, 5) is 26.7. The van der Waals surface area contributed by atoms with Gasteiger partial charge in [-0.05, 0) is 44.2 Å². The van der Waals surface area contributed by atoms with Gasteiger partial charge in [-0.3, -0.25) is 9.59 Å². The Bertz CT molecular complexity index is 581. The van der Waals surface area contributed by atoms with Crippen LogP contribution < -0.4 is 16.0 Å². The predicted octanol–water partition coefficient (Wildman–Crippen LogP) is 2.24. The number of hydrogen-bond acceptors (Lipinski definition) is 3. The zero-order valence-corrected chi connectivity index (χ0v) is 14.8. The van der Waals surface area contributed by atoms with Gasteiger partial charge in [0.05, 0.1) is 0 Å². The third-order valence-corrected chi connectivity index (χ3v) is 5.09. The highest BCUT2D eigenvalue weighted by atomic mass is 35.5. The van der Waals surface area contributed by atoms with E-state index in [0.29, 0.717) is 12.8 Å². The maximum absolute atomic E-state index is 12.6. The van der Waals surface area contributed by atoms with Gasteiger partial charge in [0.1, 0.15) is 6.04 Å². The molecule has 1 aromatic carbocycles. The van der Waals surface area contributed by atoms with E-state index in [1.807, 2.05) is 37.3 Å². The van der Waals surface area contributed by atoms with Crippen LogP contribution in [0.3, 0.4) is 0 Å². The molecule has 1 saturated carbocycles. The van der Waals surface area contributed by atoms with Crippen LogP contribution in [0.15, 0.2) is 30.3 Å². The molecule has 2 aliphatic rings. The number of hydrogen-bond donors (Lipinski definition) is 2. The molecule has 3 N–H and O–H groups in total. The first-order chi connectivity index (χ1) is 11.1. The fraction of sp³-hybridized carbons (Fsp3) is 0.556. The van der Waals surface area contributed by atoms with E-state index >= 15 is 0 Å². The summed E-state index contributed by atoms with van der Waals surface area (Å²) in [5.41, 5.74) is 6.92. The minimum Gasteiger partial charge on any atom is -0.344 e. The molecule has 132 valence electrons. The molecule has 4 atom stereocenters. The Labute approximate surface area is 149 Å². The number of carbonyl (C=O) groups is 2. The monoisotopic (exact) mass is 351 g/mol. The van der Waals surface area contributed by atoms with Crippen molar-refractivity contribution in [2.45, 2.75) is 57.2 Å². The van der Waals surface area contributed by atoms with Gasteiger partial charge in [-0.2, -0.15) is 0 Å². The van der Waals surface area contributed by atoms with Crippen LogP contribution in [0.5, 0.6) is 0 Å². The second-order valence-corrected chi connectivity index (χ2v) is 6.81. The molecule has 24 heavy (non-hydrogen) atoms. The summed E-state index contributed by atoms with van der Waals surface area (Å²) in [7, 11) is 0. The second-order valence-electron chi connectivity index (χ2n) is 6.81. The van der Waals surface area contributed by atoms with Crippen molar-refractivity contribution in [1.82, 2.24) is 5.32 Å². The van der Waals surface area contributed by atoms with Gasteiger partial charge in [0.2, 0.25) is 11.8 Å². The standard InChI is InChI=1S/C18H25N3O2.ClH/c1-12-10-16(18(23)21(12)14-7-3-2-4-8-14)20-17(22)11-13-6-5-9-15(13)19;/h2-4,7-8,12-13,15-16H,5-6,9-11,19H2,1H3,(H,20,22);1H/t12?,13-,15+,16?;/m0./s1. The Kier molecular flexibility index (Phi) is 6.24. The van der Waals surface area contributed by atoms with Crippen LogP contribution in [0.25, 0.3) is 0 Å². The molecule has 6 heteroatoms. The first kappa shape index (κ1) is 18.7. The highest BCUT2D eigenvalue weighted by molar-refractivity contribution is 6.02. The van der Waals surface area contributed by atoms with Gasteiger partial charge in [-0.1, -0.05) is 24.6 Å². The van der Waals surface area contributed by atoms with Crippen molar-refractivity contribution in [2.24, 2.45) is 11.7 Å². The van der Waals surface area contributed by atoms with Crippen LogP contribution >= 0.6 is 12.4 Å². The fourth-order valence-electron chi connectivity index (χ4n) is 3.83. The lowest BCUT2D eigenvalue weighted by molar-refractivity contribution is -0.127. The smallest absolute Gasteiger partial charge is 0.249 e. The average Bonchev–Trinajstić information content (AvgIpc) is 3.04. The van der Waals surface area contributed by atoms with Crippen molar-refractivity contribution < 1.29 is 9.59 Å². The maximum atomic E-state index is 12.6. The van der Waals surface area contributed by atoms with E-state index in [9.17, 15) is 9.59 Å². The Morgan fingerprint density at radius 2 is 2.00 bits per heavy atom. The lowest BCUT2D eigenvalue weighted by Crippen LogP contribution is -2.43. The second kappa shape index (κ2) is 7.99. The van der Waals surface area contributed by atoms with Crippen LogP contribution in [-0.2, 0) is 9.59 Å². The molecular formula is C18H26ClN3O2. The lowest BCUT2D eigenvalue weighted by Gasteiger charge is -2.21. The molecule has 0 bridgehead atoms. The molecule has 2 amide bonds. The molecule has 0 spiro atoms. The molecule has 1 heterocycles. The molecule has 2 unspecified atom stereocenters. The third-order valence-electron chi connectivity index (χ3n) is 5.09. The minimum absolute atomic E-state index is 0. The lowest BCUT2D eigenvalue weighted by atomic mass is 9.99. The molecule has 1 aliphatic heterocycles. The Morgan fingerprint density at radius 1 is 1.29 bits per heavy atom. The maximum Gasteiger partial charge on any atom is 0.249 e. The molecule has 1 aliphatic carbocycles. The molecule has 3 rings (SSSR count). The van der Waals surface area contributed by atoms with E-state index in [-0.39, 0.29) is 42.2 Å². The SMILES string of the molecule is CC1CC(NC(=O)C[C@@H]2CCC[C@H]2N)C(=O)N1c1ccccc1.Cl. The highest BCUT2D eigenvalue weighted by Gasteiger charge is 2.39. The van der Waals surface area contributed by atoms with Gasteiger partial charge in [-0.15, -0.1) is 12.4 Å². The predicted molar refractivity (Wildman–Crippen MR) is 97.1 cm³/mol. The van der Waals surface area contributed by atoms with E-state index < -0.39 is 6.04 Å². The number of rotatable bonds is 4. The number of nitrogens with zero attached hydrogens (tertiary/aromatic N) is 1. The minimum atomic E-state index is -0.421. The number of amides is 2. The van der Waals surface area contributed by atoms with Gasteiger partial charge < -0.3 is 16.0 Å². The quantitative estimate of drug-likeness (QED) is 0.873. The van der Waals surface area contributed by atoms with Gasteiger partial charge in [0, 0.05) is 24.2 Å². The normalized spacial score (nSPS) is 29.4. The molecule has 0 radical (unpaired) electrons. The summed E-state index contributed by atoms with van der Waals surface area (Å²) in [5.74, 6) is 0.190. The molecule has 2 fully saturated rings. The summed E-state index contributed by atoms with van der Waals surface area (Å²) < 4.78 is 0. The van der Waals surface area contributed by atoms with E-state index in [4.69, 9.17) is 5.73 Å². The van der Waals surface area contributed by atoms with Gasteiger partial charge >= 0.3 is 0 Å². The first-order valence-corrected chi connectivity index (χ1v) is 8.49. The number of carbonyl (C=O) groups excluding carboxylic acids is 2. The van der Waals surface area contributed by atoms with E-state index in [1.165, 1.54) is 0 Å². The van der Waals surface area contributed by atoms with Gasteiger partial charge in [0.25, 0.3) is 0 Å². The van der Waals surface area contributed by atoms with E-state index in [1.54, 1.807) is 4.90 Å². The summed E-state index contributed by atoms with van der Waals surface area (Å²) >= 11 is 0. The number of anilines is 1. The van der Waals surface area contributed by atoms with Crippen molar-refractivity contribution >= 4 is 29.9 Å². The van der Waals surface area contributed by atoms with Crippen molar-refractivity contribution in [3.05, 3.63) is 30.3 Å². The third kappa shape index (κ3) is 3.90. The Morgan fingerprint density at radius 3 is 2.62 bits per heavy atom. The summed E-state index contributed by atoms with van der Waals surface area (Å²) in [6.07, 6.45) is 4.19. The Hall–Kier alpha value is -1.59. The van der Waals surface area contributed by atoms with Crippen LogP contribution in [0.1, 0.15) is 39.0 Å². The molecular weight excluding hydrogens is 326 g/mol. The average molecular weight is 352 g/mol. The largest absolute Gasteiger partial charge is 0.344 e. The topological polar surface area (TPSA) is 75.4 Å². The van der Waals surface area contributed by atoms with Crippen molar-refractivity contribution in [3.8, 4) is 0 Å². The molecule has 0 aromatic heterocycles. The number of para-hydroxylation sites is 1. The summed E-state index contributed by atoms with van der Waals surface area (Å²) in [6, 6.07) is 9.41. The van der Waals surface area contributed by atoms with Gasteiger partial charge in [-0.25, -0.2) is 0 Å². The zero-order valence-electron chi connectivity index (χ0n) is 14.0. The van der Waals surface area contributed by atoms with Crippen molar-refractivity contribution in [2.75, 3.05) is 4.90 Å². The summed E-state index contributed by atoms with van der Waals surface area (Å²) in [5, 5.41) is 2.92.